The van der Waals surface area contributed by atoms with Gasteiger partial charge >= 0.3 is 7.82 Å². The van der Waals surface area contributed by atoms with Gasteiger partial charge in [-0.1, -0.05) is 0 Å². The largest absolute Gasteiger partial charge is 0.469 e. The van der Waals surface area contributed by atoms with Crippen molar-refractivity contribution >= 4 is 31.8 Å². The maximum atomic E-state index is 10.3. The molecule has 0 aliphatic heterocycles. The van der Waals surface area contributed by atoms with Gasteiger partial charge in [0.15, 0.2) is 0 Å². The lowest BCUT2D eigenvalue weighted by Gasteiger charge is -2.06. The van der Waals surface area contributed by atoms with E-state index >= 15 is 0 Å². The number of phosphoric ester groups is 1. The minimum atomic E-state index is -4.29. The van der Waals surface area contributed by atoms with Crippen LogP contribution in [-0.4, -0.2) is 48.5 Å². The number of phosphoric acid groups is 1. The van der Waals surface area contributed by atoms with Crippen molar-refractivity contribution in [1.82, 2.24) is 10.6 Å². The third-order valence-electron chi connectivity index (χ3n) is 1.51. The Morgan fingerprint density at radius 3 is 2.19 bits per heavy atom. The molecule has 100 valence electrons. The van der Waals surface area contributed by atoms with Crippen LogP contribution in [0.25, 0.3) is 0 Å². The molecule has 0 saturated heterocycles. The molecule has 0 aromatic heterocycles. The van der Waals surface area contributed by atoms with Crippen LogP contribution in [0.15, 0.2) is 0 Å². The summed E-state index contributed by atoms with van der Waals surface area (Å²) in [7, 11) is -4.29. The fourth-order valence-electron chi connectivity index (χ4n) is 0.874. The molecule has 16 heavy (non-hydrogen) atoms. The first kappa shape index (κ1) is 19.0. The first-order chi connectivity index (χ1) is 7.06. The third kappa shape index (κ3) is 17.0. The van der Waals surface area contributed by atoms with Gasteiger partial charge in [0.2, 0.25) is 0 Å². The van der Waals surface area contributed by atoms with Crippen molar-refractivity contribution in [2.24, 2.45) is 0 Å². The van der Waals surface area contributed by atoms with Crippen LogP contribution in [0.5, 0.6) is 0 Å². The summed E-state index contributed by atoms with van der Waals surface area (Å²) < 4.78 is 14.5. The highest BCUT2D eigenvalue weighted by atomic mass is 35.5. The Hall–Kier alpha value is 0.610. The molecule has 0 aromatic carbocycles. The molecule has 0 aliphatic carbocycles. The molecule has 0 fully saturated rings. The van der Waals surface area contributed by atoms with Crippen LogP contribution in [0, 0.1) is 0 Å². The number of hydrogen-bond acceptors (Lipinski definition) is 4. The summed E-state index contributed by atoms with van der Waals surface area (Å²) in [5.41, 5.74) is 0. The number of alkyl halides is 1. The van der Waals surface area contributed by atoms with Crippen LogP contribution < -0.4 is 10.6 Å². The summed E-state index contributed by atoms with van der Waals surface area (Å²) in [6.07, 6.45) is 0.570. The summed E-state index contributed by atoms with van der Waals surface area (Å²) in [6.45, 7) is 3.14. The Labute approximate surface area is 107 Å². The Kier molecular flexibility index (Phi) is 14.3. The molecule has 4 N–H and O–H groups in total. The summed E-state index contributed by atoms with van der Waals surface area (Å²) in [6, 6.07) is 0. The van der Waals surface area contributed by atoms with E-state index in [0.29, 0.717) is 18.8 Å². The van der Waals surface area contributed by atoms with Gasteiger partial charge in [0.25, 0.3) is 0 Å². The van der Waals surface area contributed by atoms with E-state index in [9.17, 15) is 4.57 Å². The van der Waals surface area contributed by atoms with Gasteiger partial charge in [-0.25, -0.2) is 4.57 Å². The normalized spacial score (nSPS) is 11.2. The van der Waals surface area contributed by atoms with E-state index < -0.39 is 7.82 Å². The van der Waals surface area contributed by atoms with Crippen LogP contribution in [0.3, 0.4) is 0 Å². The highest BCUT2D eigenvalue weighted by Gasteiger charge is 2.12. The Bertz CT molecular complexity index is 193. The molecule has 0 rings (SSSR count). The molecule has 0 aliphatic rings. The lowest BCUT2D eigenvalue weighted by molar-refractivity contribution is 0.194. The quantitative estimate of drug-likeness (QED) is 0.264. The third-order valence-corrected chi connectivity index (χ3v) is 2.22. The summed E-state index contributed by atoms with van der Waals surface area (Å²) in [5.74, 6) is 0.593. The average Bonchev–Trinajstić information content (AvgIpc) is 2.14. The molecule has 0 amide bonds. The van der Waals surface area contributed by atoms with E-state index in [0.717, 1.165) is 19.6 Å². The summed E-state index contributed by atoms with van der Waals surface area (Å²) >= 11 is 5.45. The number of halogens is 2. The zero-order valence-electron chi connectivity index (χ0n) is 8.89. The zero-order chi connectivity index (χ0) is 11.6. The molecule has 0 heterocycles. The van der Waals surface area contributed by atoms with E-state index in [2.05, 4.69) is 15.2 Å². The predicted molar refractivity (Wildman–Crippen MR) is 66.3 cm³/mol. The molecule has 0 unspecified atom stereocenters. The van der Waals surface area contributed by atoms with Crippen molar-refractivity contribution in [2.75, 3.05) is 38.7 Å². The monoisotopic (exact) mass is 296 g/mol. The fourth-order valence-corrected chi connectivity index (χ4v) is 1.37. The number of nitrogens with one attached hydrogen (secondary N) is 2. The van der Waals surface area contributed by atoms with Gasteiger partial charge in [0.1, 0.15) is 0 Å². The van der Waals surface area contributed by atoms with Crippen LogP contribution in [0.1, 0.15) is 6.42 Å². The molecule has 0 saturated carbocycles. The van der Waals surface area contributed by atoms with Crippen molar-refractivity contribution < 1.29 is 18.9 Å². The van der Waals surface area contributed by atoms with Gasteiger partial charge < -0.3 is 20.4 Å². The van der Waals surface area contributed by atoms with E-state index in [1.165, 1.54) is 0 Å². The van der Waals surface area contributed by atoms with Crippen molar-refractivity contribution in [2.45, 2.75) is 6.42 Å². The first-order valence-electron chi connectivity index (χ1n) is 4.74. The van der Waals surface area contributed by atoms with E-state index in [1.54, 1.807) is 0 Å². The standard InChI is InChI=1S/C7H18ClN2O4P.ClH/c8-2-4-10-6-5-9-3-1-7-14-15(11,12)13;/h9-10H,1-7H2,(H2,11,12,13);1H. The van der Waals surface area contributed by atoms with E-state index in [1.807, 2.05) is 0 Å². The van der Waals surface area contributed by atoms with Crippen molar-refractivity contribution in [3.8, 4) is 0 Å². The number of rotatable bonds is 10. The molecule has 0 aromatic rings. The lowest BCUT2D eigenvalue weighted by atomic mass is 10.4. The smallest absolute Gasteiger partial charge is 0.315 e. The van der Waals surface area contributed by atoms with E-state index in [-0.39, 0.29) is 19.0 Å². The van der Waals surface area contributed by atoms with Crippen molar-refractivity contribution in [3.05, 3.63) is 0 Å². The van der Waals surface area contributed by atoms with Gasteiger partial charge in [-0.15, -0.1) is 24.0 Å². The van der Waals surface area contributed by atoms with Gasteiger partial charge in [-0.05, 0) is 13.0 Å². The van der Waals surface area contributed by atoms with Crippen molar-refractivity contribution in [1.29, 1.82) is 0 Å². The summed E-state index contributed by atoms with van der Waals surface area (Å²) in [4.78, 5) is 16.7. The molecule has 0 radical (unpaired) electrons. The highest BCUT2D eigenvalue weighted by molar-refractivity contribution is 7.46. The van der Waals surface area contributed by atoms with Gasteiger partial charge in [-0.3, -0.25) is 4.52 Å². The molecule has 0 spiro atoms. The second kappa shape index (κ2) is 12.1. The van der Waals surface area contributed by atoms with Crippen LogP contribution in [0.4, 0.5) is 0 Å². The highest BCUT2D eigenvalue weighted by Crippen LogP contribution is 2.35. The minimum Gasteiger partial charge on any atom is -0.315 e. The maximum Gasteiger partial charge on any atom is 0.469 e. The molecule has 6 nitrogen and oxygen atoms in total. The maximum absolute atomic E-state index is 10.3. The van der Waals surface area contributed by atoms with Crippen LogP contribution in [0.2, 0.25) is 0 Å². The predicted octanol–water partition coefficient (Wildman–Crippen LogP) is 0.326. The molecule has 0 bridgehead atoms. The second-order valence-electron chi connectivity index (χ2n) is 2.87. The van der Waals surface area contributed by atoms with Gasteiger partial charge in [0, 0.05) is 25.5 Å². The Morgan fingerprint density at radius 1 is 1.12 bits per heavy atom. The first-order valence-corrected chi connectivity index (χ1v) is 6.80. The van der Waals surface area contributed by atoms with E-state index in [4.69, 9.17) is 21.4 Å². The lowest BCUT2D eigenvalue weighted by Crippen LogP contribution is -2.29. The minimum absolute atomic E-state index is 0. The fraction of sp³-hybridized carbons (Fsp3) is 1.00. The SMILES string of the molecule is Cl.O=P(O)(O)OCCCNCCNCCCl. The number of hydrogen-bond donors (Lipinski definition) is 4. The van der Waals surface area contributed by atoms with Gasteiger partial charge in [-0.2, -0.15) is 0 Å². The molecule has 0 atom stereocenters. The topological polar surface area (TPSA) is 90.8 Å². The van der Waals surface area contributed by atoms with Crippen LogP contribution >= 0.6 is 31.8 Å². The summed E-state index contributed by atoms with van der Waals surface area (Å²) in [5, 5.41) is 6.19. The zero-order valence-corrected chi connectivity index (χ0v) is 11.4. The molecule has 9 heteroatoms. The van der Waals surface area contributed by atoms with Gasteiger partial charge in [0.05, 0.1) is 6.61 Å². The second-order valence-corrected chi connectivity index (χ2v) is 4.48. The average molecular weight is 297 g/mol. The molecular weight excluding hydrogens is 278 g/mol. The van der Waals surface area contributed by atoms with Crippen molar-refractivity contribution in [3.63, 3.8) is 0 Å². The van der Waals surface area contributed by atoms with Crippen LogP contribution in [-0.2, 0) is 9.09 Å². The Morgan fingerprint density at radius 2 is 1.69 bits per heavy atom. The Balaban J connectivity index is 0. The molecular formula is C7H19Cl2N2O4P.